The van der Waals surface area contributed by atoms with Crippen LogP contribution in [0.4, 0.5) is 0 Å². The number of benzene rings is 1. The number of aryl methyl sites for hydroxylation is 2. The molecule has 0 spiro atoms. The summed E-state index contributed by atoms with van der Waals surface area (Å²) in [5.41, 5.74) is 1.54. The third kappa shape index (κ3) is 3.01. The molecule has 0 amide bonds. The molecule has 8 heteroatoms. The van der Waals surface area contributed by atoms with Gasteiger partial charge in [-0.3, -0.25) is 4.79 Å². The SMILES string of the molecule is CCc1c(C)sc2nc(-c3ccc(S(=O)(=O)N(C)C)cc3)[nH]c(=O)c12. The molecule has 0 atom stereocenters. The molecule has 3 rings (SSSR count). The van der Waals surface area contributed by atoms with E-state index in [9.17, 15) is 13.2 Å². The Morgan fingerprint density at radius 3 is 2.40 bits per heavy atom. The molecule has 3 aromatic rings. The minimum absolute atomic E-state index is 0.161. The highest BCUT2D eigenvalue weighted by Crippen LogP contribution is 2.29. The van der Waals surface area contributed by atoms with E-state index in [-0.39, 0.29) is 10.5 Å². The minimum atomic E-state index is -3.48. The molecule has 0 saturated heterocycles. The highest BCUT2D eigenvalue weighted by molar-refractivity contribution is 7.89. The van der Waals surface area contributed by atoms with E-state index in [2.05, 4.69) is 9.97 Å². The Labute approximate surface area is 150 Å². The molecule has 25 heavy (non-hydrogen) atoms. The van der Waals surface area contributed by atoms with Crippen LogP contribution in [-0.4, -0.2) is 36.8 Å². The molecular formula is C17H19N3O3S2. The van der Waals surface area contributed by atoms with Crippen molar-refractivity contribution in [3.63, 3.8) is 0 Å². The zero-order chi connectivity index (χ0) is 18.4. The number of nitrogens with zero attached hydrogens (tertiary/aromatic N) is 2. The van der Waals surface area contributed by atoms with E-state index in [0.29, 0.717) is 21.6 Å². The molecule has 0 bridgehead atoms. The number of rotatable bonds is 4. The van der Waals surface area contributed by atoms with Crippen molar-refractivity contribution < 1.29 is 8.42 Å². The number of sulfonamides is 1. The van der Waals surface area contributed by atoms with Gasteiger partial charge < -0.3 is 4.98 Å². The fourth-order valence-corrected chi connectivity index (χ4v) is 4.75. The van der Waals surface area contributed by atoms with Gasteiger partial charge >= 0.3 is 0 Å². The summed E-state index contributed by atoms with van der Waals surface area (Å²) < 4.78 is 25.4. The maximum absolute atomic E-state index is 12.5. The van der Waals surface area contributed by atoms with Gasteiger partial charge in [0.25, 0.3) is 5.56 Å². The first-order valence-corrected chi connectivity index (χ1v) is 10.1. The second kappa shape index (κ2) is 6.36. The molecule has 0 fully saturated rings. The fraction of sp³-hybridized carbons (Fsp3) is 0.294. The third-order valence-corrected chi connectivity index (χ3v) is 6.99. The molecule has 0 aliphatic carbocycles. The Morgan fingerprint density at radius 1 is 1.20 bits per heavy atom. The van der Waals surface area contributed by atoms with Crippen LogP contribution in [0.5, 0.6) is 0 Å². The van der Waals surface area contributed by atoms with Gasteiger partial charge in [-0.15, -0.1) is 11.3 Å². The van der Waals surface area contributed by atoms with Crippen LogP contribution in [0.1, 0.15) is 17.4 Å². The quantitative estimate of drug-likeness (QED) is 0.758. The smallest absolute Gasteiger partial charge is 0.260 e. The number of aromatic amines is 1. The molecule has 132 valence electrons. The number of thiophene rings is 1. The monoisotopic (exact) mass is 377 g/mol. The number of aromatic nitrogens is 2. The molecule has 0 radical (unpaired) electrons. The van der Waals surface area contributed by atoms with Crippen LogP contribution in [0.15, 0.2) is 34.0 Å². The van der Waals surface area contributed by atoms with Gasteiger partial charge in [-0.05, 0) is 43.2 Å². The van der Waals surface area contributed by atoms with Gasteiger partial charge in [-0.2, -0.15) is 0 Å². The van der Waals surface area contributed by atoms with Gasteiger partial charge in [-0.25, -0.2) is 17.7 Å². The molecule has 1 N–H and O–H groups in total. The fourth-order valence-electron chi connectivity index (χ4n) is 2.73. The van der Waals surface area contributed by atoms with Crippen molar-refractivity contribution >= 4 is 31.6 Å². The lowest BCUT2D eigenvalue weighted by atomic mass is 10.1. The number of nitrogens with one attached hydrogen (secondary N) is 1. The van der Waals surface area contributed by atoms with Crippen LogP contribution in [-0.2, 0) is 16.4 Å². The van der Waals surface area contributed by atoms with Crippen molar-refractivity contribution in [2.75, 3.05) is 14.1 Å². The maximum atomic E-state index is 12.5. The number of hydrogen-bond acceptors (Lipinski definition) is 5. The van der Waals surface area contributed by atoms with Gasteiger partial charge in [-0.1, -0.05) is 6.92 Å². The van der Waals surface area contributed by atoms with E-state index in [1.807, 2.05) is 13.8 Å². The van der Waals surface area contributed by atoms with Crippen molar-refractivity contribution in [2.45, 2.75) is 25.2 Å². The minimum Gasteiger partial charge on any atom is -0.306 e. The number of hydrogen-bond donors (Lipinski definition) is 1. The van der Waals surface area contributed by atoms with E-state index < -0.39 is 10.0 Å². The predicted molar refractivity (Wildman–Crippen MR) is 101 cm³/mol. The van der Waals surface area contributed by atoms with Crippen LogP contribution in [0.25, 0.3) is 21.6 Å². The first-order chi connectivity index (χ1) is 11.8. The Balaban J connectivity index is 2.10. The Hall–Kier alpha value is -2.03. The Kier molecular flexibility index (Phi) is 4.52. The molecule has 2 aromatic heterocycles. The van der Waals surface area contributed by atoms with Crippen molar-refractivity contribution in [1.29, 1.82) is 0 Å². The standard InChI is InChI=1S/C17H19N3O3S2/c1-5-13-10(2)24-17-14(13)16(21)18-15(19-17)11-6-8-12(9-7-11)25(22,23)20(3)4/h6-9H,5H2,1-4H3,(H,18,19,21). The average molecular weight is 377 g/mol. The summed E-state index contributed by atoms with van der Waals surface area (Å²) >= 11 is 1.50. The normalized spacial score (nSPS) is 12.2. The van der Waals surface area contributed by atoms with Gasteiger partial charge in [0, 0.05) is 24.5 Å². The second-order valence-electron chi connectivity index (χ2n) is 5.90. The largest absolute Gasteiger partial charge is 0.306 e. The average Bonchev–Trinajstić information content (AvgIpc) is 2.90. The van der Waals surface area contributed by atoms with Gasteiger partial charge in [0.2, 0.25) is 10.0 Å². The molecule has 2 heterocycles. The molecule has 0 aliphatic rings. The van der Waals surface area contributed by atoms with E-state index in [0.717, 1.165) is 21.2 Å². The van der Waals surface area contributed by atoms with Crippen LogP contribution in [0.3, 0.4) is 0 Å². The zero-order valence-electron chi connectivity index (χ0n) is 14.5. The third-order valence-electron chi connectivity index (χ3n) is 4.12. The summed E-state index contributed by atoms with van der Waals surface area (Å²) in [4.78, 5) is 21.9. The summed E-state index contributed by atoms with van der Waals surface area (Å²) in [7, 11) is -0.508. The Morgan fingerprint density at radius 2 is 1.84 bits per heavy atom. The van der Waals surface area contributed by atoms with Crippen molar-refractivity contribution in [1.82, 2.24) is 14.3 Å². The second-order valence-corrected chi connectivity index (χ2v) is 9.25. The molecule has 0 aliphatic heterocycles. The highest BCUT2D eigenvalue weighted by atomic mass is 32.2. The van der Waals surface area contributed by atoms with Crippen molar-refractivity contribution in [3.8, 4) is 11.4 Å². The highest BCUT2D eigenvalue weighted by Gasteiger charge is 2.18. The molecule has 0 unspecified atom stereocenters. The summed E-state index contributed by atoms with van der Waals surface area (Å²) in [5.74, 6) is 0.440. The van der Waals surface area contributed by atoms with Crippen molar-refractivity contribution in [3.05, 3.63) is 45.1 Å². The van der Waals surface area contributed by atoms with Crippen LogP contribution in [0.2, 0.25) is 0 Å². The van der Waals surface area contributed by atoms with Crippen LogP contribution >= 0.6 is 11.3 Å². The van der Waals surface area contributed by atoms with Crippen LogP contribution in [0, 0.1) is 6.92 Å². The Bertz CT molecular complexity index is 1090. The van der Waals surface area contributed by atoms with E-state index >= 15 is 0 Å². The van der Waals surface area contributed by atoms with Gasteiger partial charge in [0.1, 0.15) is 10.7 Å². The summed E-state index contributed by atoms with van der Waals surface area (Å²) in [6.07, 6.45) is 0.785. The topological polar surface area (TPSA) is 83.1 Å². The number of H-pyrrole nitrogens is 1. The molecule has 0 saturated carbocycles. The van der Waals surface area contributed by atoms with Gasteiger partial charge in [0.15, 0.2) is 0 Å². The predicted octanol–water partition coefficient (Wildman–Crippen LogP) is 2.77. The maximum Gasteiger partial charge on any atom is 0.260 e. The molecule has 1 aromatic carbocycles. The first-order valence-electron chi connectivity index (χ1n) is 7.81. The lowest BCUT2D eigenvalue weighted by Crippen LogP contribution is -2.22. The molecular weight excluding hydrogens is 358 g/mol. The van der Waals surface area contributed by atoms with Crippen molar-refractivity contribution in [2.24, 2.45) is 0 Å². The lowest BCUT2D eigenvalue weighted by molar-refractivity contribution is 0.521. The molecule has 6 nitrogen and oxygen atoms in total. The number of fused-ring (bicyclic) bond motifs is 1. The zero-order valence-corrected chi connectivity index (χ0v) is 16.1. The van der Waals surface area contributed by atoms with E-state index in [4.69, 9.17) is 0 Å². The summed E-state index contributed by atoms with van der Waals surface area (Å²) in [6.45, 7) is 4.01. The summed E-state index contributed by atoms with van der Waals surface area (Å²) in [5, 5.41) is 0.653. The van der Waals surface area contributed by atoms with E-state index in [1.54, 1.807) is 12.1 Å². The first kappa shape index (κ1) is 17.8. The van der Waals surface area contributed by atoms with Gasteiger partial charge in [0.05, 0.1) is 10.3 Å². The summed E-state index contributed by atoms with van der Waals surface area (Å²) in [6, 6.07) is 6.35. The van der Waals surface area contributed by atoms with E-state index in [1.165, 1.54) is 37.6 Å². The lowest BCUT2D eigenvalue weighted by Gasteiger charge is -2.11. The van der Waals surface area contributed by atoms with Crippen LogP contribution < -0.4 is 5.56 Å².